The number of carbonyl (C=O) groups is 1. The lowest BCUT2D eigenvalue weighted by molar-refractivity contribution is 0.0965. The fourth-order valence-corrected chi connectivity index (χ4v) is 1.55. The van der Waals surface area contributed by atoms with Crippen LogP contribution in [-0.4, -0.2) is 31.7 Å². The number of hydrogen-bond donors (Lipinski definition) is 1. The topological polar surface area (TPSA) is 59.9 Å². The van der Waals surface area contributed by atoms with Crippen molar-refractivity contribution in [3.05, 3.63) is 29.8 Å². The smallest absolute Gasteiger partial charge is 0.291 e. The van der Waals surface area contributed by atoms with Gasteiger partial charge in [0.15, 0.2) is 0 Å². The zero-order valence-electron chi connectivity index (χ0n) is 14.1. The molecule has 0 unspecified atom stereocenters. The molecular weight excluding hydrogens is 280 g/mol. The van der Waals surface area contributed by atoms with Crippen LogP contribution in [0.2, 0.25) is 0 Å². The number of ether oxygens (including phenoxy) is 2. The molecule has 22 heavy (non-hydrogen) atoms. The Hall–Kier alpha value is -2.04. The molecule has 0 aromatic heterocycles. The van der Waals surface area contributed by atoms with E-state index < -0.39 is 0 Å². The molecule has 0 saturated heterocycles. The maximum atomic E-state index is 12.3. The molecule has 0 saturated carbocycles. The number of hydrogen-bond acceptors (Lipinski definition) is 4. The Kier molecular flexibility index (Phi) is 7.43. The molecule has 1 N–H and O–H groups in total. The van der Waals surface area contributed by atoms with Gasteiger partial charge in [0, 0.05) is 5.56 Å². The van der Waals surface area contributed by atoms with Crippen LogP contribution in [0.3, 0.4) is 0 Å². The molecule has 0 spiro atoms. The number of carbonyl (C=O) groups excluding carboxylic acids is 1. The zero-order chi connectivity index (χ0) is 16.5. The Labute approximate surface area is 132 Å². The summed E-state index contributed by atoms with van der Waals surface area (Å²) in [4.78, 5) is 16.7. The molecule has 0 aliphatic carbocycles. The molecule has 122 valence electrons. The lowest BCUT2D eigenvalue weighted by Crippen LogP contribution is -2.34. The number of amides is 1. The Morgan fingerprint density at radius 1 is 1.23 bits per heavy atom. The van der Waals surface area contributed by atoms with Crippen LogP contribution in [0.4, 0.5) is 0 Å². The second kappa shape index (κ2) is 9.07. The van der Waals surface area contributed by atoms with Gasteiger partial charge in [-0.2, -0.15) is 0 Å². The van der Waals surface area contributed by atoms with E-state index in [9.17, 15) is 4.79 Å². The predicted molar refractivity (Wildman–Crippen MR) is 88.4 cm³/mol. The minimum Gasteiger partial charge on any atom is -0.497 e. The molecule has 1 atom stereocenters. The molecule has 0 radical (unpaired) electrons. The molecule has 1 amide bonds. The van der Waals surface area contributed by atoms with Crippen LogP contribution in [0.5, 0.6) is 5.75 Å². The van der Waals surface area contributed by atoms with Crippen molar-refractivity contribution in [1.82, 2.24) is 5.32 Å². The Morgan fingerprint density at radius 2 is 1.86 bits per heavy atom. The van der Waals surface area contributed by atoms with Gasteiger partial charge in [0.25, 0.3) is 11.9 Å². The SMILES string of the molecule is CCCOC(=N[C@@H](C)C(C)C)NC(=O)c1ccc(OC)cc1. The van der Waals surface area contributed by atoms with Gasteiger partial charge in [-0.3, -0.25) is 10.1 Å². The van der Waals surface area contributed by atoms with Gasteiger partial charge in [-0.1, -0.05) is 20.8 Å². The van der Waals surface area contributed by atoms with Gasteiger partial charge in [0.1, 0.15) is 5.75 Å². The van der Waals surface area contributed by atoms with Crippen molar-refractivity contribution in [2.45, 2.75) is 40.2 Å². The van der Waals surface area contributed by atoms with Crippen LogP contribution >= 0.6 is 0 Å². The number of methoxy groups -OCH3 is 1. The highest BCUT2D eigenvalue weighted by Gasteiger charge is 2.13. The van der Waals surface area contributed by atoms with Gasteiger partial charge >= 0.3 is 0 Å². The first-order valence-electron chi connectivity index (χ1n) is 7.63. The summed E-state index contributed by atoms with van der Waals surface area (Å²) >= 11 is 0. The molecule has 0 bridgehead atoms. The molecule has 1 aromatic rings. The molecule has 1 aromatic carbocycles. The molecule has 0 aliphatic rings. The highest BCUT2D eigenvalue weighted by Crippen LogP contribution is 2.11. The Balaban J connectivity index is 2.80. The summed E-state index contributed by atoms with van der Waals surface area (Å²) in [5.41, 5.74) is 0.533. The lowest BCUT2D eigenvalue weighted by Gasteiger charge is -2.15. The van der Waals surface area contributed by atoms with Gasteiger partial charge in [-0.05, 0) is 43.5 Å². The quantitative estimate of drug-likeness (QED) is 0.648. The van der Waals surface area contributed by atoms with Crippen LogP contribution in [0, 0.1) is 5.92 Å². The first-order chi connectivity index (χ1) is 10.5. The van der Waals surface area contributed by atoms with Crippen molar-refractivity contribution < 1.29 is 14.3 Å². The van der Waals surface area contributed by atoms with Gasteiger partial charge < -0.3 is 9.47 Å². The van der Waals surface area contributed by atoms with Gasteiger partial charge in [-0.15, -0.1) is 0 Å². The van der Waals surface area contributed by atoms with Crippen LogP contribution in [0.15, 0.2) is 29.3 Å². The Morgan fingerprint density at radius 3 is 2.36 bits per heavy atom. The van der Waals surface area contributed by atoms with E-state index in [1.165, 1.54) is 0 Å². The molecule has 5 heteroatoms. The maximum Gasteiger partial charge on any atom is 0.291 e. The highest BCUT2D eigenvalue weighted by atomic mass is 16.5. The zero-order valence-corrected chi connectivity index (χ0v) is 14.1. The van der Waals surface area contributed by atoms with Crippen LogP contribution in [0.25, 0.3) is 0 Å². The minimum absolute atomic E-state index is 0.0722. The predicted octanol–water partition coefficient (Wildman–Crippen LogP) is 3.25. The van der Waals surface area contributed by atoms with E-state index in [4.69, 9.17) is 9.47 Å². The molecule has 0 aliphatic heterocycles. The van der Waals surface area contributed by atoms with Crippen molar-refractivity contribution in [3.63, 3.8) is 0 Å². The van der Waals surface area contributed by atoms with Gasteiger partial charge in [0.2, 0.25) is 0 Å². The van der Waals surface area contributed by atoms with Crippen molar-refractivity contribution in [2.75, 3.05) is 13.7 Å². The summed E-state index contributed by atoms with van der Waals surface area (Å²) in [5.74, 6) is 0.840. The number of nitrogens with zero attached hydrogens (tertiary/aromatic N) is 1. The van der Waals surface area contributed by atoms with E-state index in [2.05, 4.69) is 24.2 Å². The van der Waals surface area contributed by atoms with Crippen molar-refractivity contribution in [3.8, 4) is 5.75 Å². The van der Waals surface area contributed by atoms with E-state index >= 15 is 0 Å². The summed E-state index contributed by atoms with van der Waals surface area (Å²) in [6.45, 7) is 8.69. The third-order valence-electron chi connectivity index (χ3n) is 3.30. The van der Waals surface area contributed by atoms with E-state index in [0.29, 0.717) is 23.8 Å². The number of rotatable bonds is 6. The first kappa shape index (κ1) is 18.0. The molecule has 5 nitrogen and oxygen atoms in total. The second-order valence-electron chi connectivity index (χ2n) is 5.45. The highest BCUT2D eigenvalue weighted by molar-refractivity contribution is 6.04. The number of nitrogens with one attached hydrogen (secondary N) is 1. The third-order valence-corrected chi connectivity index (χ3v) is 3.30. The maximum absolute atomic E-state index is 12.3. The van der Waals surface area contributed by atoms with Crippen LogP contribution < -0.4 is 10.1 Å². The van der Waals surface area contributed by atoms with Crippen LogP contribution in [0.1, 0.15) is 44.5 Å². The average molecular weight is 306 g/mol. The van der Waals surface area contributed by atoms with Gasteiger partial charge in [0.05, 0.1) is 19.8 Å². The minimum atomic E-state index is -0.242. The molecular formula is C17H26N2O3. The fraction of sp³-hybridized carbons (Fsp3) is 0.529. The summed E-state index contributed by atoms with van der Waals surface area (Å²) in [7, 11) is 1.59. The van der Waals surface area contributed by atoms with E-state index in [-0.39, 0.29) is 18.0 Å². The summed E-state index contributed by atoms with van der Waals surface area (Å²) in [5, 5.41) is 2.74. The number of aliphatic imine (C=N–C) groups is 1. The van der Waals surface area contributed by atoms with Crippen molar-refractivity contribution in [2.24, 2.45) is 10.9 Å². The van der Waals surface area contributed by atoms with E-state index in [1.54, 1.807) is 31.4 Å². The normalized spacial score (nSPS) is 12.9. The Bertz CT molecular complexity index is 495. The van der Waals surface area contributed by atoms with E-state index in [0.717, 1.165) is 6.42 Å². The fourth-order valence-electron chi connectivity index (χ4n) is 1.55. The summed E-state index contributed by atoms with van der Waals surface area (Å²) in [6, 6.07) is 7.26. The lowest BCUT2D eigenvalue weighted by atomic mass is 10.1. The molecule has 0 fully saturated rings. The third kappa shape index (κ3) is 5.76. The number of amidine groups is 1. The average Bonchev–Trinajstić information content (AvgIpc) is 2.52. The van der Waals surface area contributed by atoms with Crippen LogP contribution in [-0.2, 0) is 4.74 Å². The first-order valence-corrected chi connectivity index (χ1v) is 7.63. The molecule has 1 rings (SSSR count). The summed E-state index contributed by atoms with van der Waals surface area (Å²) in [6.07, 6.45) is 0.855. The second-order valence-corrected chi connectivity index (χ2v) is 5.45. The monoisotopic (exact) mass is 306 g/mol. The molecule has 0 heterocycles. The van der Waals surface area contributed by atoms with Crippen molar-refractivity contribution in [1.29, 1.82) is 0 Å². The van der Waals surface area contributed by atoms with Gasteiger partial charge in [-0.25, -0.2) is 4.99 Å². The standard InChI is InChI=1S/C17H26N2O3/c1-6-11-22-17(18-13(4)12(2)3)19-16(20)14-7-9-15(21-5)10-8-14/h7-10,12-13H,6,11H2,1-5H3,(H,18,19,20)/t13-/m0/s1. The summed E-state index contributed by atoms with van der Waals surface area (Å²) < 4.78 is 10.6. The number of benzene rings is 1. The largest absolute Gasteiger partial charge is 0.497 e. The van der Waals surface area contributed by atoms with E-state index in [1.807, 2.05) is 13.8 Å². The van der Waals surface area contributed by atoms with Crippen molar-refractivity contribution >= 4 is 11.9 Å².